The fourth-order valence-electron chi connectivity index (χ4n) is 17.2. The Morgan fingerprint density at radius 1 is 0.265 bits per heavy atom. The molecule has 0 saturated heterocycles. The summed E-state index contributed by atoms with van der Waals surface area (Å²) in [5.41, 5.74) is 8.13. The molecule has 0 bridgehead atoms. The molecule has 0 amide bonds. The topological polar surface area (TPSA) is 358 Å². The Bertz CT molecular complexity index is 7040. The summed E-state index contributed by atoms with van der Waals surface area (Å²) in [5.74, 6) is 2.42. The minimum atomic E-state index is -3.61. The number of thiophene rings is 1. The van der Waals surface area contributed by atoms with Crippen molar-refractivity contribution in [3.8, 4) is 0 Å². The molecule has 1 aliphatic rings. The van der Waals surface area contributed by atoms with Gasteiger partial charge in [-0.1, -0.05) is 200 Å². The average molecular weight is 2170 g/mol. The van der Waals surface area contributed by atoms with Crippen molar-refractivity contribution in [3.63, 3.8) is 0 Å². The Morgan fingerprint density at radius 2 is 0.565 bits per heavy atom. The number of fused-ring (bicyclic) bond motifs is 6. The number of ether oxygens (including phenoxy) is 1. The second-order valence-corrected chi connectivity index (χ2v) is 60.1. The first kappa shape index (κ1) is 126. The van der Waals surface area contributed by atoms with Gasteiger partial charge in [0.25, 0.3) is 0 Å². The van der Waals surface area contributed by atoms with Gasteiger partial charge in [0, 0.05) is 85.4 Å². The molecule has 0 fully saturated rings. The molecule has 32 heteroatoms. The van der Waals surface area contributed by atoms with E-state index in [0.29, 0.717) is 71.6 Å². The summed E-state index contributed by atoms with van der Waals surface area (Å²) in [4.78, 5) is 11.0. The van der Waals surface area contributed by atoms with Crippen LogP contribution in [0.4, 0.5) is 0 Å². The molecule has 0 unspecified atom stereocenters. The quantitative estimate of drug-likeness (QED) is 0.0313. The van der Waals surface area contributed by atoms with Crippen molar-refractivity contribution >= 4 is 135 Å². The molecule has 3 heterocycles. The summed E-state index contributed by atoms with van der Waals surface area (Å²) < 4.78 is 202. The number of nitrogens with one attached hydrogen (secondary N) is 7. The van der Waals surface area contributed by atoms with Gasteiger partial charge in [-0.15, -0.1) is 11.3 Å². The number of rotatable bonds is 23. The summed E-state index contributed by atoms with van der Waals surface area (Å²) in [6.45, 7) is 71.9. The van der Waals surface area contributed by atoms with E-state index in [1.165, 1.54) is 39.2 Å². The molecule has 13 rings (SSSR count). The summed E-state index contributed by atoms with van der Waals surface area (Å²) in [6.07, 6.45) is 7.43. The van der Waals surface area contributed by atoms with Crippen LogP contribution in [-0.4, -0.2) is 115 Å². The number of methoxy groups -OCH3 is 1. The van der Waals surface area contributed by atoms with Crippen LogP contribution in [-0.2, 0) is 93.3 Å². The molecular weight excluding hydrogens is 2000 g/mol. The Balaban J connectivity index is 0.000000232. The van der Waals surface area contributed by atoms with Crippen LogP contribution in [0, 0.1) is 0 Å². The number of hydrogen-bond acceptors (Lipinski definition) is 18. The lowest BCUT2D eigenvalue weighted by Crippen LogP contribution is -2.41. The van der Waals surface area contributed by atoms with Crippen molar-refractivity contribution in [2.75, 3.05) is 7.11 Å². The summed E-state index contributed by atoms with van der Waals surface area (Å²) in [6, 6.07) is 52.0. The maximum absolute atomic E-state index is 12.7. The fourth-order valence-corrected chi connectivity index (χ4v) is 30.0. The third kappa shape index (κ3) is 35.1. The van der Waals surface area contributed by atoms with Crippen molar-refractivity contribution < 1.29 is 63.7 Å². The van der Waals surface area contributed by atoms with E-state index < -0.39 is 115 Å². The van der Waals surface area contributed by atoms with Gasteiger partial charge >= 0.3 is 0 Å². The SMILES string of the molecule is CC(C)c1ccc(S(=O)(=O)NC(C)(C)C)c2c1CCCC2.CC(C)c1ccc(S(=O)(=O)NC(C)(C)C)c2ccccc12.CC(C)c1ccc(S(=O)(=O)NC(C)(C)C)c2cccnc12.CC(C)c1ccc(S(=O)(=O)NC(C)(C)C)c2ncccc12.CC(C)c1ccc(S(=O)(=O)NC(C)(C)C)c2sccc12.CC(C)c1cccc2c(S(=O)(=O)NC(C)(C)C)cccc12.COC(C)(C)c1cc(C(C)C)ccc1S(=O)(=O)NC(C)(C)C. The van der Waals surface area contributed by atoms with E-state index >= 15 is 0 Å². The van der Waals surface area contributed by atoms with Crippen LogP contribution in [0.2, 0.25) is 0 Å². The molecule has 147 heavy (non-hydrogen) atoms. The first-order chi connectivity index (χ1) is 67.0. The van der Waals surface area contributed by atoms with Gasteiger partial charge in [-0.2, -0.15) is 0 Å². The van der Waals surface area contributed by atoms with Gasteiger partial charge in [0.05, 0.1) is 50.7 Å². The normalized spacial score (nSPS) is 13.6. The molecule has 0 saturated carbocycles. The third-order valence-electron chi connectivity index (χ3n) is 23.2. The standard InChI is InChI=1S/C17H29NO3S.C17H23NO2S.C17H27NO2S.C17H23NO2S.2C16H22N2O2S.C15H21NO2S2/c1-12(2)13-9-10-15(14(11-13)17(6,7)21-8)22(19,20)18-16(3,4)5;1-12(2)13-8-6-10-15-14(13)9-7-11-16(15)21(19,20)18-17(3,4)5;2*1-12(2)13-10-11-16(15-9-7-6-8-14(13)15)21(19,20)18-17(3,4)5;1-11(2)12-8-9-14(13-7-6-10-17-15(12)13)21(19,20)18-16(3,4)5;1-11(2)12-8-9-14(15-13(12)7-6-10-17-15)21(19,20)18-16(3,4)5;1-10(2)11-6-7-13(14-12(11)8-9-19-14)20(17,18)16-15(3,4)5/h9-12,18H,1-8H3;6-12,18H,1-5H3;10-12,18H,6-9H2,1-5H3;6-12,18H,1-5H3;2*6-11,18H,1-5H3;6-10,16H,1-5H3. The predicted molar refractivity (Wildman–Crippen MR) is 612 cm³/mol. The summed E-state index contributed by atoms with van der Waals surface area (Å²) in [7, 11) is -23.2. The number of hydrogen-bond donors (Lipinski definition) is 7. The molecule has 0 aliphatic heterocycles. The van der Waals surface area contributed by atoms with Crippen LogP contribution in [0.1, 0.15) is 366 Å². The van der Waals surface area contributed by atoms with Gasteiger partial charge in [-0.05, 0) is 365 Å². The summed E-state index contributed by atoms with van der Waals surface area (Å²) >= 11 is 1.48. The van der Waals surface area contributed by atoms with Crippen LogP contribution in [0.15, 0.2) is 222 Å². The molecule has 7 N–H and O–H groups in total. The number of nitrogens with zero attached hydrogens (tertiary/aromatic N) is 2. The molecule has 810 valence electrons. The Kier molecular flexibility index (Phi) is 41.6. The first-order valence-electron chi connectivity index (χ1n) is 50.4. The number of pyridine rings is 2. The van der Waals surface area contributed by atoms with Crippen LogP contribution < -0.4 is 33.1 Å². The number of benzene rings is 9. The Morgan fingerprint density at radius 3 is 0.993 bits per heavy atom. The number of aromatic nitrogens is 2. The molecule has 24 nitrogen and oxygen atoms in total. The van der Waals surface area contributed by atoms with Gasteiger partial charge < -0.3 is 4.74 Å². The van der Waals surface area contributed by atoms with Gasteiger partial charge in [0.1, 0.15) is 4.90 Å². The van der Waals surface area contributed by atoms with Gasteiger partial charge in [0.15, 0.2) is 0 Å². The van der Waals surface area contributed by atoms with E-state index in [1.54, 1.807) is 68.0 Å². The Hall–Kier alpha value is -8.39. The van der Waals surface area contributed by atoms with Crippen molar-refractivity contribution in [1.29, 1.82) is 0 Å². The molecule has 0 atom stereocenters. The summed E-state index contributed by atoms with van der Waals surface area (Å²) in [5, 5.41) is 8.12. The molecule has 0 radical (unpaired) electrons. The van der Waals surface area contributed by atoms with Crippen molar-refractivity contribution in [1.82, 2.24) is 43.0 Å². The van der Waals surface area contributed by atoms with E-state index in [1.807, 2.05) is 280 Å². The van der Waals surface area contributed by atoms with Crippen molar-refractivity contribution in [3.05, 3.63) is 243 Å². The first-order valence-corrected chi connectivity index (χ1v) is 61.7. The highest BCUT2D eigenvalue weighted by Crippen LogP contribution is 2.41. The van der Waals surface area contributed by atoms with E-state index in [4.69, 9.17) is 4.74 Å². The molecular formula is C115H167N9O15S8. The second kappa shape index (κ2) is 48.7. The molecule has 9 aromatic carbocycles. The molecule has 3 aromatic heterocycles. The fraction of sp³-hybridized carbons (Fsp3) is 0.496. The Labute approximate surface area is 886 Å². The zero-order chi connectivity index (χ0) is 112. The maximum atomic E-state index is 12.7. The largest absolute Gasteiger partial charge is 0.374 e. The van der Waals surface area contributed by atoms with E-state index in [-0.39, 0.29) is 20.6 Å². The van der Waals surface area contributed by atoms with E-state index in [2.05, 4.69) is 146 Å². The number of sulfonamides is 7. The second-order valence-electron chi connectivity index (χ2n) is 47.7. The van der Waals surface area contributed by atoms with Crippen LogP contribution in [0.5, 0.6) is 0 Å². The van der Waals surface area contributed by atoms with Gasteiger partial charge in [-0.25, -0.2) is 92.0 Å². The van der Waals surface area contributed by atoms with Crippen molar-refractivity contribution in [2.24, 2.45) is 0 Å². The highest BCUT2D eigenvalue weighted by Gasteiger charge is 2.36. The van der Waals surface area contributed by atoms with Crippen LogP contribution in [0.3, 0.4) is 0 Å². The molecule has 0 spiro atoms. The molecule has 1 aliphatic carbocycles. The lowest BCUT2D eigenvalue weighted by molar-refractivity contribution is 0.0167. The molecule has 12 aromatic rings. The van der Waals surface area contributed by atoms with Gasteiger partial charge in [-0.3, -0.25) is 9.97 Å². The predicted octanol–water partition coefficient (Wildman–Crippen LogP) is 26.6. The minimum absolute atomic E-state index is 0.234. The van der Waals surface area contributed by atoms with Crippen molar-refractivity contribution in [2.45, 2.75) is 402 Å². The van der Waals surface area contributed by atoms with Gasteiger partial charge in [0.2, 0.25) is 70.2 Å². The highest BCUT2D eigenvalue weighted by atomic mass is 32.2. The third-order valence-corrected chi connectivity index (χ3v) is 36.9. The smallest absolute Gasteiger partial charge is 0.243 e. The van der Waals surface area contributed by atoms with Crippen LogP contribution >= 0.6 is 11.3 Å². The van der Waals surface area contributed by atoms with E-state index in [9.17, 15) is 58.9 Å². The zero-order valence-electron chi connectivity index (χ0n) is 94.1. The highest BCUT2D eigenvalue weighted by molar-refractivity contribution is 7.91. The lowest BCUT2D eigenvalue weighted by atomic mass is 9.85. The maximum Gasteiger partial charge on any atom is 0.243 e. The van der Waals surface area contributed by atoms with E-state index in [0.717, 1.165) is 90.5 Å². The lowest BCUT2D eigenvalue weighted by Gasteiger charge is -2.29. The minimum Gasteiger partial charge on any atom is -0.374 e. The average Bonchev–Trinajstić information content (AvgIpc) is 1.69. The monoisotopic (exact) mass is 2170 g/mol. The zero-order valence-corrected chi connectivity index (χ0v) is 101. The van der Waals surface area contributed by atoms with Crippen LogP contribution in [0.25, 0.3) is 53.4 Å².